The number of carbonyl (C=O) groups is 1. The fraction of sp³-hybridized carbons (Fsp3) is 0.471. The molecule has 0 saturated heterocycles. The van der Waals surface area contributed by atoms with Crippen LogP contribution in [0.1, 0.15) is 45.4 Å². The smallest absolute Gasteiger partial charge is 0.155 e. The Kier molecular flexibility index (Phi) is 11.2. The first-order chi connectivity index (χ1) is 9.60. The van der Waals surface area contributed by atoms with Crippen LogP contribution in [0.15, 0.2) is 48.5 Å². The van der Waals surface area contributed by atoms with Gasteiger partial charge in [-0.15, -0.1) is 0 Å². The van der Waals surface area contributed by atoms with Crippen molar-refractivity contribution in [2.45, 2.75) is 45.4 Å². The van der Waals surface area contributed by atoms with E-state index in [-0.39, 0.29) is 11.5 Å². The van der Waals surface area contributed by atoms with Gasteiger partial charge >= 0.3 is 0 Å². The van der Waals surface area contributed by atoms with E-state index in [4.69, 9.17) is 0 Å². The normalized spacial score (nSPS) is 12.2. The van der Waals surface area contributed by atoms with Crippen molar-refractivity contribution in [1.29, 1.82) is 0 Å². The van der Waals surface area contributed by atoms with Crippen molar-refractivity contribution in [3.05, 3.63) is 48.5 Å². The number of allylic oxidation sites excluding steroid dienone is 5. The van der Waals surface area contributed by atoms with Crippen molar-refractivity contribution in [1.82, 2.24) is 0 Å². The first-order valence-corrected chi connectivity index (χ1v) is 7.07. The van der Waals surface area contributed by atoms with Gasteiger partial charge in [-0.2, -0.15) is 0 Å². The number of hydrogen-bond donors (Lipinski definition) is 1. The van der Waals surface area contributed by atoms with Gasteiger partial charge < -0.3 is 9.84 Å². The van der Waals surface area contributed by atoms with Gasteiger partial charge in [0.15, 0.2) is 5.78 Å². The van der Waals surface area contributed by atoms with Gasteiger partial charge in [0, 0.05) is 6.42 Å². The highest BCUT2D eigenvalue weighted by Crippen LogP contribution is 2.07. The number of unbranched alkanes of at least 4 members (excludes halogenated alkanes) is 3. The molecule has 0 bridgehead atoms. The summed E-state index contributed by atoms with van der Waals surface area (Å²) in [5, 5.41) is 9.29. The van der Waals surface area contributed by atoms with E-state index in [1.807, 2.05) is 6.08 Å². The zero-order valence-corrected chi connectivity index (χ0v) is 12.6. The van der Waals surface area contributed by atoms with E-state index in [1.165, 1.54) is 32.3 Å². The Morgan fingerprint density at radius 1 is 1.20 bits per heavy atom. The van der Waals surface area contributed by atoms with Crippen LogP contribution in [-0.4, -0.2) is 18.0 Å². The Hall–Kier alpha value is -1.77. The second-order valence-corrected chi connectivity index (χ2v) is 4.63. The zero-order valence-electron chi connectivity index (χ0n) is 12.6. The average molecular weight is 278 g/mol. The maximum Gasteiger partial charge on any atom is 0.155 e. The molecular weight excluding hydrogens is 252 g/mol. The molecule has 20 heavy (non-hydrogen) atoms. The number of rotatable bonds is 11. The summed E-state index contributed by atoms with van der Waals surface area (Å²) in [5.41, 5.74) is 0.800. The first-order valence-electron chi connectivity index (χ1n) is 7.07. The van der Waals surface area contributed by atoms with Crippen molar-refractivity contribution in [3.63, 3.8) is 0 Å². The minimum atomic E-state index is 0.0239. The van der Waals surface area contributed by atoms with Gasteiger partial charge in [0.1, 0.15) is 12.0 Å². The minimum Gasteiger partial charge on any atom is -0.505 e. The van der Waals surface area contributed by atoms with Crippen molar-refractivity contribution in [3.8, 4) is 0 Å². The monoisotopic (exact) mass is 278 g/mol. The standard InChI is InChI=1S/C17H26O3/c1-4-5-6-7-8-9-16(18)12-10-15(2)11-13-17(19)14-20-3/h8-9,11,13-14,19H,2,4-7,10,12H2,1,3H3/b9-8+,13-11-,17-14-. The molecule has 0 aromatic heterocycles. The predicted octanol–water partition coefficient (Wildman–Crippen LogP) is 4.63. The predicted molar refractivity (Wildman–Crippen MR) is 83.5 cm³/mol. The van der Waals surface area contributed by atoms with Crippen LogP contribution < -0.4 is 0 Å². The molecule has 0 heterocycles. The molecule has 0 fully saturated rings. The third-order valence-electron chi connectivity index (χ3n) is 2.70. The Bertz CT molecular complexity index is 376. The molecule has 0 aliphatic carbocycles. The van der Waals surface area contributed by atoms with Crippen molar-refractivity contribution in [2.24, 2.45) is 0 Å². The number of carbonyl (C=O) groups excluding carboxylic acids is 1. The third kappa shape index (κ3) is 11.3. The Morgan fingerprint density at radius 3 is 2.60 bits per heavy atom. The highest BCUT2D eigenvalue weighted by molar-refractivity contribution is 5.89. The molecule has 0 saturated carbocycles. The molecule has 0 aliphatic rings. The van der Waals surface area contributed by atoms with E-state index in [0.717, 1.165) is 18.4 Å². The van der Waals surface area contributed by atoms with Crippen molar-refractivity contribution in [2.75, 3.05) is 7.11 Å². The maximum absolute atomic E-state index is 11.6. The summed E-state index contributed by atoms with van der Waals surface area (Å²) < 4.78 is 4.65. The summed E-state index contributed by atoms with van der Waals surface area (Å²) in [4.78, 5) is 11.6. The number of methoxy groups -OCH3 is 1. The SMILES string of the molecule is C=C(/C=C\C(O)=C\OC)CCC(=O)/C=C/CCCCC. The molecule has 0 aromatic rings. The minimum absolute atomic E-state index is 0.0239. The molecule has 0 aromatic carbocycles. The van der Waals surface area contributed by atoms with Crippen LogP contribution in [0.3, 0.4) is 0 Å². The number of aliphatic hydroxyl groups excluding tert-OH is 1. The molecule has 3 heteroatoms. The quantitative estimate of drug-likeness (QED) is 0.259. The van der Waals surface area contributed by atoms with Crippen LogP contribution in [0.2, 0.25) is 0 Å². The molecule has 0 radical (unpaired) electrons. The van der Waals surface area contributed by atoms with Gasteiger partial charge in [-0.05, 0) is 31.4 Å². The summed E-state index contributed by atoms with van der Waals surface area (Å²) in [6.45, 7) is 6.00. The second kappa shape index (κ2) is 12.3. The van der Waals surface area contributed by atoms with Crippen molar-refractivity contribution < 1.29 is 14.6 Å². The lowest BCUT2D eigenvalue weighted by Crippen LogP contribution is -1.93. The van der Waals surface area contributed by atoms with Gasteiger partial charge in [-0.25, -0.2) is 0 Å². The summed E-state index contributed by atoms with van der Waals surface area (Å²) in [7, 11) is 1.46. The maximum atomic E-state index is 11.6. The van der Waals surface area contributed by atoms with Crippen LogP contribution in [0.25, 0.3) is 0 Å². The molecule has 0 rings (SSSR count). The van der Waals surface area contributed by atoms with Crippen LogP contribution in [0.4, 0.5) is 0 Å². The fourth-order valence-corrected chi connectivity index (χ4v) is 1.54. The summed E-state index contributed by atoms with van der Waals surface area (Å²) in [6.07, 6.45) is 13.6. The highest BCUT2D eigenvalue weighted by Gasteiger charge is 1.98. The molecule has 0 atom stereocenters. The summed E-state index contributed by atoms with van der Waals surface area (Å²) in [6, 6.07) is 0. The van der Waals surface area contributed by atoms with Gasteiger partial charge in [-0.1, -0.05) is 44.1 Å². The fourth-order valence-electron chi connectivity index (χ4n) is 1.54. The Balaban J connectivity index is 3.89. The Labute approximate surface area is 122 Å². The van der Waals surface area contributed by atoms with Gasteiger partial charge in [-0.3, -0.25) is 4.79 Å². The topological polar surface area (TPSA) is 46.5 Å². The molecule has 0 amide bonds. The lowest BCUT2D eigenvalue weighted by Gasteiger charge is -1.98. The molecule has 1 N–H and O–H groups in total. The van der Waals surface area contributed by atoms with Gasteiger partial charge in [0.2, 0.25) is 0 Å². The zero-order chi connectivity index (χ0) is 15.2. The average Bonchev–Trinajstić information content (AvgIpc) is 2.43. The van der Waals surface area contributed by atoms with E-state index in [9.17, 15) is 9.90 Å². The highest BCUT2D eigenvalue weighted by atomic mass is 16.5. The molecule has 0 unspecified atom stereocenters. The van der Waals surface area contributed by atoms with E-state index in [1.54, 1.807) is 12.2 Å². The molecule has 0 spiro atoms. The van der Waals surface area contributed by atoms with Crippen LogP contribution >= 0.6 is 0 Å². The number of aliphatic hydroxyl groups is 1. The lowest BCUT2D eigenvalue weighted by atomic mass is 10.1. The second-order valence-electron chi connectivity index (χ2n) is 4.63. The molecular formula is C17H26O3. The summed E-state index contributed by atoms with van der Waals surface area (Å²) in [5.74, 6) is 0.142. The van der Waals surface area contributed by atoms with E-state index >= 15 is 0 Å². The number of ketones is 1. The lowest BCUT2D eigenvalue weighted by molar-refractivity contribution is -0.114. The number of ether oxygens (including phenoxy) is 1. The van der Waals surface area contributed by atoms with Crippen LogP contribution in [-0.2, 0) is 9.53 Å². The largest absolute Gasteiger partial charge is 0.505 e. The third-order valence-corrected chi connectivity index (χ3v) is 2.70. The Morgan fingerprint density at radius 2 is 1.95 bits per heavy atom. The van der Waals surface area contributed by atoms with Crippen LogP contribution in [0.5, 0.6) is 0 Å². The van der Waals surface area contributed by atoms with Crippen molar-refractivity contribution >= 4 is 5.78 Å². The van der Waals surface area contributed by atoms with E-state index in [0.29, 0.717) is 12.8 Å². The first kappa shape index (κ1) is 18.2. The van der Waals surface area contributed by atoms with E-state index in [2.05, 4.69) is 18.2 Å². The molecule has 112 valence electrons. The number of hydrogen-bond acceptors (Lipinski definition) is 3. The molecule has 0 aliphatic heterocycles. The van der Waals surface area contributed by atoms with E-state index < -0.39 is 0 Å². The van der Waals surface area contributed by atoms with Gasteiger partial charge in [0.05, 0.1) is 7.11 Å². The van der Waals surface area contributed by atoms with Gasteiger partial charge in [0.25, 0.3) is 0 Å². The summed E-state index contributed by atoms with van der Waals surface area (Å²) >= 11 is 0. The van der Waals surface area contributed by atoms with Crippen LogP contribution in [0, 0.1) is 0 Å². The molecule has 3 nitrogen and oxygen atoms in total.